The molecule has 1 aromatic heterocycles. The van der Waals surface area contributed by atoms with E-state index in [-0.39, 0.29) is 4.90 Å². The number of halogens is 1. The first-order chi connectivity index (χ1) is 15.4. The van der Waals surface area contributed by atoms with Gasteiger partial charge >= 0.3 is 0 Å². The van der Waals surface area contributed by atoms with Crippen molar-refractivity contribution < 1.29 is 8.42 Å². The number of hydrogen-bond acceptors (Lipinski definition) is 3. The molecule has 0 spiro atoms. The van der Waals surface area contributed by atoms with Gasteiger partial charge in [0.1, 0.15) is 5.82 Å². The molecule has 0 aliphatic rings. The van der Waals surface area contributed by atoms with Crippen LogP contribution in [0.4, 0.5) is 5.82 Å². The molecule has 0 fully saturated rings. The van der Waals surface area contributed by atoms with E-state index in [0.29, 0.717) is 17.3 Å². The average molecular weight is 466 g/mol. The number of rotatable bonds is 7. The number of sulfonamides is 1. The van der Waals surface area contributed by atoms with Crippen molar-refractivity contribution in [3.63, 3.8) is 0 Å². The Kier molecular flexibility index (Phi) is 6.35. The highest BCUT2D eigenvalue weighted by Gasteiger charge is 2.24. The second-order valence-electron chi connectivity index (χ2n) is 7.60. The molecule has 0 radical (unpaired) electrons. The lowest BCUT2D eigenvalue weighted by Crippen LogP contribution is -2.17. The Balaban J connectivity index is 1.90. The van der Waals surface area contributed by atoms with Gasteiger partial charge in [0, 0.05) is 16.1 Å². The molecule has 164 valence electrons. The van der Waals surface area contributed by atoms with Gasteiger partial charge < -0.3 is 0 Å². The maximum absolute atomic E-state index is 13.3. The van der Waals surface area contributed by atoms with Crippen LogP contribution in [-0.2, 0) is 16.4 Å². The SMILES string of the molecule is CCCc1c(-c2ccc(Cl)cc2)nn(-c2ccccc2)c1NS(=O)(=O)c1ccc(C)cc1. The summed E-state index contributed by atoms with van der Waals surface area (Å²) in [7, 11) is -3.81. The van der Waals surface area contributed by atoms with Crippen LogP contribution in [0.3, 0.4) is 0 Å². The van der Waals surface area contributed by atoms with Crippen LogP contribution in [0.2, 0.25) is 5.02 Å². The number of benzene rings is 3. The second kappa shape index (κ2) is 9.18. The van der Waals surface area contributed by atoms with E-state index in [1.165, 1.54) is 0 Å². The number of para-hydroxylation sites is 1. The third kappa shape index (κ3) is 4.56. The number of anilines is 1. The molecular formula is C25H24ClN3O2S. The van der Waals surface area contributed by atoms with E-state index in [0.717, 1.165) is 34.5 Å². The molecule has 0 saturated heterocycles. The van der Waals surface area contributed by atoms with Gasteiger partial charge in [-0.05, 0) is 49.7 Å². The first kappa shape index (κ1) is 22.1. The fraction of sp³-hybridized carbons (Fsp3) is 0.160. The standard InChI is InChI=1S/C25H24ClN3O2S/c1-3-7-23-24(19-12-14-20(26)15-13-19)27-29(21-8-5-4-6-9-21)25(23)28-32(30,31)22-16-10-18(2)11-17-22/h4-6,8-17,28H,3,7H2,1-2H3. The van der Waals surface area contributed by atoms with Crippen LogP contribution < -0.4 is 4.72 Å². The fourth-order valence-electron chi connectivity index (χ4n) is 3.54. The largest absolute Gasteiger partial charge is 0.263 e. The smallest absolute Gasteiger partial charge is 0.263 e. The molecule has 0 saturated carbocycles. The van der Waals surface area contributed by atoms with Gasteiger partial charge in [0.2, 0.25) is 0 Å². The number of hydrogen-bond donors (Lipinski definition) is 1. The lowest BCUT2D eigenvalue weighted by Gasteiger charge is -2.13. The van der Waals surface area contributed by atoms with Gasteiger partial charge in [0.05, 0.1) is 16.3 Å². The minimum Gasteiger partial charge on any atom is -0.263 e. The Hall–Kier alpha value is -3.09. The zero-order valence-electron chi connectivity index (χ0n) is 17.9. The highest BCUT2D eigenvalue weighted by molar-refractivity contribution is 7.92. The minimum absolute atomic E-state index is 0.208. The molecule has 1 heterocycles. The van der Waals surface area contributed by atoms with Gasteiger partial charge in [-0.25, -0.2) is 13.1 Å². The monoisotopic (exact) mass is 465 g/mol. The molecule has 7 heteroatoms. The van der Waals surface area contributed by atoms with Crippen molar-refractivity contribution in [1.29, 1.82) is 0 Å². The number of aromatic nitrogens is 2. The van der Waals surface area contributed by atoms with Gasteiger partial charge in [-0.2, -0.15) is 5.10 Å². The zero-order chi connectivity index (χ0) is 22.7. The average Bonchev–Trinajstić information content (AvgIpc) is 3.13. The van der Waals surface area contributed by atoms with Crippen molar-refractivity contribution >= 4 is 27.4 Å². The highest BCUT2D eigenvalue weighted by atomic mass is 35.5. The van der Waals surface area contributed by atoms with E-state index in [2.05, 4.69) is 11.6 Å². The zero-order valence-corrected chi connectivity index (χ0v) is 19.5. The summed E-state index contributed by atoms with van der Waals surface area (Å²) in [6.45, 7) is 3.98. The number of aryl methyl sites for hydroxylation is 1. The van der Waals surface area contributed by atoms with Crippen molar-refractivity contribution in [2.45, 2.75) is 31.6 Å². The van der Waals surface area contributed by atoms with Gasteiger partial charge in [-0.1, -0.05) is 73.0 Å². The maximum atomic E-state index is 13.3. The summed E-state index contributed by atoms with van der Waals surface area (Å²) >= 11 is 6.08. The molecule has 32 heavy (non-hydrogen) atoms. The summed E-state index contributed by atoms with van der Waals surface area (Å²) in [6, 6.07) is 23.7. The maximum Gasteiger partial charge on any atom is 0.263 e. The normalized spacial score (nSPS) is 11.5. The van der Waals surface area contributed by atoms with Crippen molar-refractivity contribution in [2.24, 2.45) is 0 Å². The quantitative estimate of drug-likeness (QED) is 0.350. The van der Waals surface area contributed by atoms with Crippen LogP contribution in [0.5, 0.6) is 0 Å². The molecular weight excluding hydrogens is 442 g/mol. The van der Waals surface area contributed by atoms with Crippen LogP contribution in [0.25, 0.3) is 16.9 Å². The lowest BCUT2D eigenvalue weighted by molar-refractivity contribution is 0.600. The molecule has 0 unspecified atom stereocenters. The molecule has 0 aliphatic heterocycles. The Labute approximate surface area is 193 Å². The van der Waals surface area contributed by atoms with Gasteiger partial charge in [0.15, 0.2) is 0 Å². The van der Waals surface area contributed by atoms with Crippen LogP contribution in [-0.4, -0.2) is 18.2 Å². The first-order valence-electron chi connectivity index (χ1n) is 10.4. The molecule has 0 atom stereocenters. The third-order valence-corrected chi connectivity index (χ3v) is 6.77. The van der Waals surface area contributed by atoms with E-state index in [1.54, 1.807) is 28.9 Å². The highest BCUT2D eigenvalue weighted by Crippen LogP contribution is 2.34. The molecule has 5 nitrogen and oxygen atoms in total. The van der Waals surface area contributed by atoms with Crippen molar-refractivity contribution in [1.82, 2.24) is 9.78 Å². The van der Waals surface area contributed by atoms with Crippen LogP contribution in [0.15, 0.2) is 83.8 Å². The Morgan fingerprint density at radius 1 is 0.938 bits per heavy atom. The van der Waals surface area contributed by atoms with E-state index < -0.39 is 10.0 Å². The molecule has 1 N–H and O–H groups in total. The van der Waals surface area contributed by atoms with E-state index in [1.807, 2.05) is 61.5 Å². The Morgan fingerprint density at radius 3 is 2.22 bits per heavy atom. The number of nitrogens with zero attached hydrogens (tertiary/aromatic N) is 2. The molecule has 4 aromatic rings. The van der Waals surface area contributed by atoms with Crippen LogP contribution in [0, 0.1) is 6.92 Å². The fourth-order valence-corrected chi connectivity index (χ4v) is 4.74. The van der Waals surface area contributed by atoms with E-state index in [9.17, 15) is 8.42 Å². The predicted octanol–water partition coefficient (Wildman–Crippen LogP) is 6.25. The van der Waals surface area contributed by atoms with Gasteiger partial charge in [-0.3, -0.25) is 4.72 Å². The van der Waals surface area contributed by atoms with Crippen molar-refractivity contribution in [3.8, 4) is 16.9 Å². The van der Waals surface area contributed by atoms with Crippen molar-refractivity contribution in [2.75, 3.05) is 4.72 Å². The second-order valence-corrected chi connectivity index (χ2v) is 9.72. The molecule has 0 amide bonds. The summed E-state index contributed by atoms with van der Waals surface area (Å²) in [5, 5.41) is 5.47. The topological polar surface area (TPSA) is 64.0 Å². The van der Waals surface area contributed by atoms with Crippen LogP contribution >= 0.6 is 11.6 Å². The van der Waals surface area contributed by atoms with Gasteiger partial charge in [0.25, 0.3) is 10.0 Å². The summed E-state index contributed by atoms with van der Waals surface area (Å²) in [6.07, 6.45) is 1.50. The van der Waals surface area contributed by atoms with Gasteiger partial charge in [-0.15, -0.1) is 0 Å². The third-order valence-electron chi connectivity index (χ3n) is 5.16. The van der Waals surface area contributed by atoms with E-state index >= 15 is 0 Å². The Morgan fingerprint density at radius 2 is 1.59 bits per heavy atom. The van der Waals surface area contributed by atoms with E-state index in [4.69, 9.17) is 16.7 Å². The summed E-state index contributed by atoms with van der Waals surface area (Å²) in [5.41, 5.74) is 4.22. The minimum atomic E-state index is -3.81. The molecule has 0 aliphatic carbocycles. The van der Waals surface area contributed by atoms with Crippen molar-refractivity contribution in [3.05, 3.63) is 95.0 Å². The predicted molar refractivity (Wildman–Crippen MR) is 130 cm³/mol. The summed E-state index contributed by atoms with van der Waals surface area (Å²) < 4.78 is 31.0. The molecule has 3 aromatic carbocycles. The molecule has 0 bridgehead atoms. The summed E-state index contributed by atoms with van der Waals surface area (Å²) in [5.74, 6) is 0.448. The first-order valence-corrected chi connectivity index (χ1v) is 12.3. The molecule has 4 rings (SSSR count). The summed E-state index contributed by atoms with van der Waals surface area (Å²) in [4.78, 5) is 0.208. The van der Waals surface area contributed by atoms with Crippen LogP contribution in [0.1, 0.15) is 24.5 Å². The number of nitrogens with one attached hydrogen (secondary N) is 1. The lowest BCUT2D eigenvalue weighted by atomic mass is 10.0. The Bertz CT molecular complexity index is 1310.